The first-order valence-electron chi connectivity index (χ1n) is 11.1. The van der Waals surface area contributed by atoms with Crippen LogP contribution >= 0.6 is 24.0 Å². The molecule has 0 radical (unpaired) electrons. The number of hydrogen-bond donors (Lipinski definition) is 2. The lowest BCUT2D eigenvalue weighted by molar-refractivity contribution is 0.207. The molecule has 2 N–H and O–H groups in total. The van der Waals surface area contributed by atoms with Crippen molar-refractivity contribution in [3.05, 3.63) is 35.5 Å². The first-order valence-corrected chi connectivity index (χ1v) is 11.1. The summed E-state index contributed by atoms with van der Waals surface area (Å²) >= 11 is 0. The summed E-state index contributed by atoms with van der Waals surface area (Å²) in [5.74, 6) is 3.55. The van der Waals surface area contributed by atoms with E-state index < -0.39 is 0 Å². The molecule has 0 amide bonds. The summed E-state index contributed by atoms with van der Waals surface area (Å²) in [6, 6.07) is 5.92. The first-order chi connectivity index (χ1) is 14.9. The first kappa shape index (κ1) is 26.2. The Morgan fingerprint density at radius 3 is 2.59 bits per heavy atom. The minimum Gasteiger partial charge on any atom is -0.497 e. The summed E-state index contributed by atoms with van der Waals surface area (Å²) in [7, 11) is 1.67. The quantitative estimate of drug-likeness (QED) is 0.279. The molecule has 1 aliphatic carbocycles. The van der Waals surface area contributed by atoms with E-state index in [4.69, 9.17) is 19.0 Å². The van der Waals surface area contributed by atoms with Crippen LogP contribution in [0.1, 0.15) is 70.7 Å². The van der Waals surface area contributed by atoms with Crippen molar-refractivity contribution in [2.45, 2.75) is 78.0 Å². The lowest BCUT2D eigenvalue weighted by atomic mass is 9.97. The largest absolute Gasteiger partial charge is 0.497 e. The second-order valence-electron chi connectivity index (χ2n) is 8.81. The molecule has 1 heterocycles. The molecule has 2 aromatic rings. The normalized spacial score (nSPS) is 14.7. The van der Waals surface area contributed by atoms with Gasteiger partial charge in [0.2, 0.25) is 5.89 Å². The number of benzene rings is 1. The molecular weight excluding hydrogens is 521 g/mol. The number of hydrogen-bond acceptors (Lipinski definition) is 6. The Labute approximate surface area is 208 Å². The van der Waals surface area contributed by atoms with Crippen molar-refractivity contribution in [2.75, 3.05) is 13.7 Å². The minimum absolute atomic E-state index is 0. The number of aliphatic imine (C=N–C) groups is 1. The van der Waals surface area contributed by atoms with Gasteiger partial charge in [-0.2, -0.15) is 4.98 Å². The molecular formula is C23H36IN5O3. The number of methoxy groups -OCH3 is 1. The molecule has 1 aliphatic rings. The van der Waals surface area contributed by atoms with Crippen molar-refractivity contribution in [1.29, 1.82) is 0 Å². The number of halogens is 1. The van der Waals surface area contributed by atoms with E-state index in [0.29, 0.717) is 30.8 Å². The molecule has 1 aromatic heterocycles. The maximum Gasteiger partial charge on any atom is 0.232 e. The lowest BCUT2D eigenvalue weighted by Crippen LogP contribution is -2.37. The van der Waals surface area contributed by atoms with Gasteiger partial charge in [-0.05, 0) is 44.7 Å². The van der Waals surface area contributed by atoms with E-state index in [1.165, 1.54) is 12.8 Å². The Balaban J connectivity index is 0.00000363. The fourth-order valence-corrected chi connectivity index (χ4v) is 3.39. The van der Waals surface area contributed by atoms with Crippen LogP contribution in [0.3, 0.4) is 0 Å². The third kappa shape index (κ3) is 7.53. The third-order valence-corrected chi connectivity index (χ3v) is 5.15. The Kier molecular flexibility index (Phi) is 10.0. The summed E-state index contributed by atoms with van der Waals surface area (Å²) in [5, 5.41) is 10.6. The molecule has 1 saturated carbocycles. The number of rotatable bonds is 8. The minimum atomic E-state index is -0.173. The van der Waals surface area contributed by atoms with Crippen LogP contribution in [0.25, 0.3) is 0 Å². The van der Waals surface area contributed by atoms with Gasteiger partial charge >= 0.3 is 0 Å². The van der Waals surface area contributed by atoms with E-state index in [-0.39, 0.29) is 35.5 Å². The Morgan fingerprint density at radius 1 is 1.22 bits per heavy atom. The van der Waals surface area contributed by atoms with Crippen LogP contribution in [0, 0.1) is 0 Å². The molecule has 0 spiro atoms. The summed E-state index contributed by atoms with van der Waals surface area (Å²) in [4.78, 5) is 9.20. The molecule has 1 fully saturated rings. The van der Waals surface area contributed by atoms with E-state index in [1.807, 2.05) is 45.9 Å². The van der Waals surface area contributed by atoms with Gasteiger partial charge in [-0.3, -0.25) is 0 Å². The smallest absolute Gasteiger partial charge is 0.232 e. The zero-order valence-corrected chi connectivity index (χ0v) is 22.1. The second kappa shape index (κ2) is 12.3. The highest BCUT2D eigenvalue weighted by Crippen LogP contribution is 2.30. The summed E-state index contributed by atoms with van der Waals surface area (Å²) < 4.78 is 17.0. The van der Waals surface area contributed by atoms with Gasteiger partial charge in [0.15, 0.2) is 11.8 Å². The summed E-state index contributed by atoms with van der Waals surface area (Å²) in [6.45, 7) is 9.83. The highest BCUT2D eigenvalue weighted by atomic mass is 127. The van der Waals surface area contributed by atoms with Crippen LogP contribution < -0.4 is 20.1 Å². The van der Waals surface area contributed by atoms with Crippen LogP contribution in [0.2, 0.25) is 0 Å². The monoisotopic (exact) mass is 557 g/mol. The van der Waals surface area contributed by atoms with Crippen molar-refractivity contribution in [3.8, 4) is 11.5 Å². The fraction of sp³-hybridized carbons (Fsp3) is 0.609. The molecule has 9 heteroatoms. The Morgan fingerprint density at radius 2 is 1.97 bits per heavy atom. The zero-order chi connectivity index (χ0) is 22.3. The van der Waals surface area contributed by atoms with E-state index in [2.05, 4.69) is 20.8 Å². The van der Waals surface area contributed by atoms with E-state index >= 15 is 0 Å². The van der Waals surface area contributed by atoms with Crippen LogP contribution in [0.5, 0.6) is 11.5 Å². The molecule has 0 atom stereocenters. The lowest BCUT2D eigenvalue weighted by Gasteiger charge is -2.17. The fourth-order valence-electron chi connectivity index (χ4n) is 3.39. The molecule has 32 heavy (non-hydrogen) atoms. The molecule has 178 valence electrons. The predicted molar refractivity (Wildman–Crippen MR) is 136 cm³/mol. The number of aromatic nitrogens is 2. The van der Waals surface area contributed by atoms with Gasteiger partial charge in [0.05, 0.1) is 26.3 Å². The highest BCUT2D eigenvalue weighted by molar-refractivity contribution is 14.0. The maximum absolute atomic E-state index is 6.28. The van der Waals surface area contributed by atoms with E-state index in [0.717, 1.165) is 36.4 Å². The van der Waals surface area contributed by atoms with Gasteiger partial charge in [0.25, 0.3) is 0 Å². The van der Waals surface area contributed by atoms with Gasteiger partial charge < -0.3 is 24.6 Å². The van der Waals surface area contributed by atoms with Crippen LogP contribution in [-0.4, -0.2) is 35.9 Å². The van der Waals surface area contributed by atoms with E-state index in [9.17, 15) is 0 Å². The van der Waals surface area contributed by atoms with Crippen molar-refractivity contribution in [3.63, 3.8) is 0 Å². The SMILES string of the molecule is CCNC(=NCc1ccc(OC)cc1OC1CCCC1)NCc1noc(C(C)(C)C)n1.I. The predicted octanol–water partition coefficient (Wildman–Crippen LogP) is 4.57. The van der Waals surface area contributed by atoms with Crippen LogP contribution in [-0.2, 0) is 18.5 Å². The number of guanidine groups is 1. The van der Waals surface area contributed by atoms with Gasteiger partial charge in [0.1, 0.15) is 11.5 Å². The zero-order valence-electron chi connectivity index (χ0n) is 19.7. The summed E-state index contributed by atoms with van der Waals surface area (Å²) in [5.41, 5.74) is 0.855. The van der Waals surface area contributed by atoms with Crippen molar-refractivity contribution < 1.29 is 14.0 Å². The molecule has 1 aromatic carbocycles. The molecule has 0 bridgehead atoms. The average Bonchev–Trinajstić information content (AvgIpc) is 3.42. The van der Waals surface area contributed by atoms with Crippen LogP contribution in [0.4, 0.5) is 0 Å². The number of nitrogens with zero attached hydrogens (tertiary/aromatic N) is 3. The van der Waals surface area contributed by atoms with Gasteiger partial charge in [-0.1, -0.05) is 25.9 Å². The van der Waals surface area contributed by atoms with Gasteiger partial charge in [-0.15, -0.1) is 24.0 Å². The van der Waals surface area contributed by atoms with Crippen molar-refractivity contribution in [1.82, 2.24) is 20.8 Å². The average molecular weight is 557 g/mol. The number of ether oxygens (including phenoxy) is 2. The topological polar surface area (TPSA) is 93.8 Å². The van der Waals surface area contributed by atoms with Gasteiger partial charge in [0, 0.05) is 23.6 Å². The molecule has 0 aliphatic heterocycles. The highest BCUT2D eigenvalue weighted by Gasteiger charge is 2.22. The molecule has 8 nitrogen and oxygen atoms in total. The van der Waals surface area contributed by atoms with Crippen molar-refractivity contribution >= 4 is 29.9 Å². The number of nitrogens with one attached hydrogen (secondary N) is 2. The summed E-state index contributed by atoms with van der Waals surface area (Å²) in [6.07, 6.45) is 4.93. The molecule has 0 saturated heterocycles. The molecule has 3 rings (SSSR count). The third-order valence-electron chi connectivity index (χ3n) is 5.15. The standard InChI is InChI=1S/C23H35N5O3.HI/c1-6-24-22(26-15-20-27-21(31-28-20)23(2,3)4)25-14-16-11-12-18(29-5)13-19(16)30-17-9-7-8-10-17;/h11-13,17H,6-10,14-15H2,1-5H3,(H2,24,25,26);1H. The van der Waals surface area contributed by atoms with E-state index in [1.54, 1.807) is 7.11 Å². The van der Waals surface area contributed by atoms with Crippen molar-refractivity contribution in [2.24, 2.45) is 4.99 Å². The molecule has 0 unspecified atom stereocenters. The van der Waals surface area contributed by atoms with Gasteiger partial charge in [-0.25, -0.2) is 4.99 Å². The Hall–Kier alpha value is -2.04. The maximum atomic E-state index is 6.28. The van der Waals surface area contributed by atoms with Crippen LogP contribution in [0.15, 0.2) is 27.7 Å². The Bertz CT molecular complexity index is 873. The second-order valence-corrected chi connectivity index (χ2v) is 8.81.